The third-order valence-corrected chi connectivity index (χ3v) is 5.87. The highest BCUT2D eigenvalue weighted by molar-refractivity contribution is 7.89. The van der Waals surface area contributed by atoms with E-state index in [0.717, 1.165) is 9.87 Å². The molecule has 1 aromatic carbocycles. The fourth-order valence-corrected chi connectivity index (χ4v) is 5.01. The van der Waals surface area contributed by atoms with Gasteiger partial charge in [0.25, 0.3) is 0 Å². The van der Waals surface area contributed by atoms with Crippen LogP contribution in [0.15, 0.2) is 17.0 Å². The van der Waals surface area contributed by atoms with Gasteiger partial charge < -0.3 is 10.2 Å². The molecule has 0 amide bonds. The molecule has 2 rings (SSSR count). The first-order valence-electron chi connectivity index (χ1n) is 6.65. The molecule has 2 N–H and O–H groups in total. The Labute approximate surface area is 124 Å². The second-order valence-corrected chi connectivity index (χ2v) is 7.37. The van der Waals surface area contributed by atoms with Crippen molar-refractivity contribution in [3.8, 4) is 0 Å². The average Bonchev–Trinajstić information content (AvgIpc) is 2.70. The molecule has 1 fully saturated rings. The van der Waals surface area contributed by atoms with Crippen molar-refractivity contribution >= 4 is 16.0 Å². The molecule has 1 aliphatic rings. The molecule has 6 nitrogen and oxygen atoms in total. The fourth-order valence-electron chi connectivity index (χ4n) is 2.97. The van der Waals surface area contributed by atoms with Gasteiger partial charge >= 0.3 is 5.97 Å². The Morgan fingerprint density at radius 3 is 2.24 bits per heavy atom. The van der Waals surface area contributed by atoms with E-state index in [1.807, 2.05) is 6.92 Å². The highest BCUT2D eigenvalue weighted by Crippen LogP contribution is 2.30. The van der Waals surface area contributed by atoms with Crippen LogP contribution in [-0.4, -0.2) is 47.6 Å². The molecule has 0 spiro atoms. The third-order valence-electron chi connectivity index (χ3n) is 3.69. The van der Waals surface area contributed by atoms with E-state index in [1.54, 1.807) is 26.0 Å². The molecule has 1 aromatic rings. The Kier molecular flexibility index (Phi) is 4.10. The normalized spacial score (nSPS) is 23.4. The summed E-state index contributed by atoms with van der Waals surface area (Å²) in [6.07, 6.45) is -1.04. The molecular formula is C14H19NO5S. The lowest BCUT2D eigenvalue weighted by molar-refractivity contribution is -0.140. The summed E-state index contributed by atoms with van der Waals surface area (Å²) in [5.41, 5.74) is 2.11. The molecule has 1 heterocycles. The van der Waals surface area contributed by atoms with Crippen LogP contribution in [-0.2, 0) is 14.8 Å². The Bertz CT molecular complexity index is 660. The van der Waals surface area contributed by atoms with E-state index in [-0.39, 0.29) is 17.9 Å². The lowest BCUT2D eigenvalue weighted by Crippen LogP contribution is -2.41. The minimum atomic E-state index is -3.95. The van der Waals surface area contributed by atoms with Crippen molar-refractivity contribution < 1.29 is 23.4 Å². The SMILES string of the molecule is Cc1cc(C)c(S(=O)(=O)N2C[C@@H](O)C[C@H]2C(=O)O)c(C)c1. The van der Waals surface area contributed by atoms with E-state index in [0.29, 0.717) is 11.1 Å². The van der Waals surface area contributed by atoms with Gasteiger partial charge in [-0.15, -0.1) is 0 Å². The molecule has 2 atom stereocenters. The zero-order valence-corrected chi connectivity index (χ0v) is 13.0. The van der Waals surface area contributed by atoms with Gasteiger partial charge in [-0.2, -0.15) is 4.31 Å². The van der Waals surface area contributed by atoms with Gasteiger partial charge in [0.05, 0.1) is 11.0 Å². The molecule has 0 unspecified atom stereocenters. The number of hydrogen-bond acceptors (Lipinski definition) is 4. The summed E-state index contributed by atoms with van der Waals surface area (Å²) in [4.78, 5) is 11.4. The van der Waals surface area contributed by atoms with Crippen LogP contribution in [0.3, 0.4) is 0 Å². The molecule has 0 radical (unpaired) electrons. The predicted octanol–water partition coefficient (Wildman–Crippen LogP) is 0.820. The Morgan fingerprint density at radius 1 is 1.24 bits per heavy atom. The number of aryl methyl sites for hydroxylation is 3. The molecule has 21 heavy (non-hydrogen) atoms. The van der Waals surface area contributed by atoms with Crippen molar-refractivity contribution in [3.63, 3.8) is 0 Å². The highest BCUT2D eigenvalue weighted by Gasteiger charge is 2.44. The largest absolute Gasteiger partial charge is 0.480 e. The van der Waals surface area contributed by atoms with E-state index in [1.165, 1.54) is 0 Å². The average molecular weight is 313 g/mol. The number of aliphatic carboxylic acids is 1. The molecule has 7 heteroatoms. The van der Waals surface area contributed by atoms with Crippen molar-refractivity contribution in [2.45, 2.75) is 44.2 Å². The topological polar surface area (TPSA) is 94.9 Å². The summed E-state index contributed by atoms with van der Waals surface area (Å²) in [6.45, 7) is 5.06. The first-order chi connectivity index (χ1) is 9.64. The molecule has 1 aliphatic heterocycles. The van der Waals surface area contributed by atoms with Crippen molar-refractivity contribution in [1.82, 2.24) is 4.31 Å². The number of rotatable bonds is 3. The third kappa shape index (κ3) is 2.81. The van der Waals surface area contributed by atoms with Crippen LogP contribution < -0.4 is 0 Å². The fraction of sp³-hybridized carbons (Fsp3) is 0.500. The maximum absolute atomic E-state index is 12.8. The van der Waals surface area contributed by atoms with Gasteiger partial charge in [-0.3, -0.25) is 4.79 Å². The predicted molar refractivity (Wildman–Crippen MR) is 76.6 cm³/mol. The first kappa shape index (κ1) is 15.9. The number of carbonyl (C=O) groups is 1. The first-order valence-corrected chi connectivity index (χ1v) is 8.09. The number of aliphatic hydroxyl groups is 1. The molecule has 116 valence electrons. The number of aliphatic hydroxyl groups excluding tert-OH is 1. The number of β-amino-alcohol motifs (C(OH)–C–C–N with tert-alkyl or cyclic N) is 1. The second kappa shape index (κ2) is 5.40. The zero-order valence-electron chi connectivity index (χ0n) is 12.2. The van der Waals surface area contributed by atoms with Gasteiger partial charge in [0.2, 0.25) is 10.0 Å². The van der Waals surface area contributed by atoms with Gasteiger partial charge in [0.1, 0.15) is 6.04 Å². The standard InChI is InChI=1S/C14H19NO5S/c1-8-4-9(2)13(10(3)5-8)21(19,20)15-7-11(16)6-12(15)14(17)18/h4-5,11-12,16H,6-7H2,1-3H3,(H,17,18)/t11-,12-/m0/s1. The van der Waals surface area contributed by atoms with Crippen molar-refractivity contribution in [2.75, 3.05) is 6.54 Å². The monoisotopic (exact) mass is 313 g/mol. The van der Waals surface area contributed by atoms with Crippen molar-refractivity contribution in [2.24, 2.45) is 0 Å². The van der Waals surface area contributed by atoms with Crippen LogP contribution in [0, 0.1) is 20.8 Å². The van der Waals surface area contributed by atoms with Crippen LogP contribution in [0.2, 0.25) is 0 Å². The number of sulfonamides is 1. The van der Waals surface area contributed by atoms with Gasteiger partial charge in [-0.1, -0.05) is 17.7 Å². The van der Waals surface area contributed by atoms with E-state index < -0.39 is 28.1 Å². The Hall–Kier alpha value is -1.44. The summed E-state index contributed by atoms with van der Waals surface area (Å²) in [7, 11) is -3.95. The van der Waals surface area contributed by atoms with Gasteiger partial charge in [0.15, 0.2) is 0 Å². The van der Waals surface area contributed by atoms with E-state index in [2.05, 4.69) is 0 Å². The minimum absolute atomic E-state index is 0.0848. The lowest BCUT2D eigenvalue weighted by atomic mass is 10.1. The van der Waals surface area contributed by atoms with E-state index >= 15 is 0 Å². The van der Waals surface area contributed by atoms with Gasteiger partial charge in [-0.25, -0.2) is 8.42 Å². The molecular weight excluding hydrogens is 294 g/mol. The van der Waals surface area contributed by atoms with Crippen LogP contribution in [0.4, 0.5) is 0 Å². The quantitative estimate of drug-likeness (QED) is 0.861. The number of carboxylic acids is 1. The molecule has 0 aromatic heterocycles. The van der Waals surface area contributed by atoms with Crippen LogP contribution in [0.1, 0.15) is 23.1 Å². The van der Waals surface area contributed by atoms with Crippen LogP contribution in [0.25, 0.3) is 0 Å². The minimum Gasteiger partial charge on any atom is -0.480 e. The van der Waals surface area contributed by atoms with E-state index in [9.17, 15) is 23.4 Å². The van der Waals surface area contributed by atoms with Crippen LogP contribution >= 0.6 is 0 Å². The molecule has 0 saturated carbocycles. The highest BCUT2D eigenvalue weighted by atomic mass is 32.2. The number of benzene rings is 1. The van der Waals surface area contributed by atoms with Crippen molar-refractivity contribution in [3.05, 3.63) is 28.8 Å². The summed E-state index contributed by atoms with van der Waals surface area (Å²) >= 11 is 0. The van der Waals surface area contributed by atoms with E-state index in [4.69, 9.17) is 0 Å². The summed E-state index contributed by atoms with van der Waals surface area (Å²) in [5, 5.41) is 18.8. The second-order valence-electron chi connectivity index (χ2n) is 5.55. The van der Waals surface area contributed by atoms with Gasteiger partial charge in [-0.05, 0) is 31.9 Å². The zero-order chi connectivity index (χ0) is 15.9. The Morgan fingerprint density at radius 2 is 1.76 bits per heavy atom. The summed E-state index contributed by atoms with van der Waals surface area (Å²) in [5.74, 6) is -1.24. The number of carboxylic acid groups (broad SMARTS) is 1. The maximum Gasteiger partial charge on any atom is 0.322 e. The van der Waals surface area contributed by atoms with Crippen LogP contribution in [0.5, 0.6) is 0 Å². The van der Waals surface area contributed by atoms with Gasteiger partial charge in [0, 0.05) is 13.0 Å². The summed E-state index contributed by atoms with van der Waals surface area (Å²) in [6, 6.07) is 2.29. The molecule has 0 bridgehead atoms. The molecule has 1 saturated heterocycles. The number of nitrogens with zero attached hydrogens (tertiary/aromatic N) is 1. The lowest BCUT2D eigenvalue weighted by Gasteiger charge is -2.23. The number of hydrogen-bond donors (Lipinski definition) is 2. The molecule has 0 aliphatic carbocycles. The van der Waals surface area contributed by atoms with Crippen molar-refractivity contribution in [1.29, 1.82) is 0 Å². The maximum atomic E-state index is 12.8. The smallest absolute Gasteiger partial charge is 0.322 e. The summed E-state index contributed by atoms with van der Waals surface area (Å²) < 4.78 is 26.5. The Balaban J connectivity index is 2.55.